The van der Waals surface area contributed by atoms with Crippen LogP contribution in [0, 0.1) is 0 Å². The van der Waals surface area contributed by atoms with Gasteiger partial charge in [-0.05, 0) is 12.1 Å². The summed E-state index contributed by atoms with van der Waals surface area (Å²) in [5, 5.41) is 12.1. The molecule has 0 aliphatic carbocycles. The highest BCUT2D eigenvalue weighted by atomic mass is 15.3. The molecule has 4 nitrogen and oxygen atoms in total. The van der Waals surface area contributed by atoms with E-state index in [1.165, 1.54) is 0 Å². The third-order valence-electron chi connectivity index (χ3n) is 3.30. The maximum absolute atomic E-state index is 4.59. The standard InChI is InChI=1S/C15H24N4/c1-14(2,3)12-8-10(16-17-12)11-9-13(15(4,5)6)18-19(11)7/h8-9H,1-7H3,(H,16,17). The minimum atomic E-state index is 0.0547. The van der Waals surface area contributed by atoms with Crippen LogP contribution in [0.5, 0.6) is 0 Å². The summed E-state index contributed by atoms with van der Waals surface area (Å²) in [5.41, 5.74) is 4.37. The number of hydrogen-bond acceptors (Lipinski definition) is 2. The van der Waals surface area contributed by atoms with Crippen LogP contribution in [0.4, 0.5) is 0 Å². The second kappa shape index (κ2) is 4.22. The molecule has 2 aromatic heterocycles. The molecule has 0 spiro atoms. The van der Waals surface area contributed by atoms with Crippen molar-refractivity contribution in [2.45, 2.75) is 52.4 Å². The maximum atomic E-state index is 4.59. The predicted molar refractivity (Wildman–Crippen MR) is 78.2 cm³/mol. The van der Waals surface area contributed by atoms with Crippen molar-refractivity contribution in [1.82, 2.24) is 20.0 Å². The van der Waals surface area contributed by atoms with Gasteiger partial charge in [0.2, 0.25) is 0 Å². The van der Waals surface area contributed by atoms with E-state index in [0.29, 0.717) is 0 Å². The quantitative estimate of drug-likeness (QED) is 0.854. The zero-order chi connectivity index (χ0) is 14.4. The molecule has 2 rings (SSSR count). The van der Waals surface area contributed by atoms with Gasteiger partial charge < -0.3 is 0 Å². The second-order valence-electron chi connectivity index (χ2n) is 7.21. The molecule has 0 fully saturated rings. The van der Waals surface area contributed by atoms with Gasteiger partial charge in [-0.3, -0.25) is 9.78 Å². The van der Waals surface area contributed by atoms with Gasteiger partial charge in [-0.2, -0.15) is 10.2 Å². The van der Waals surface area contributed by atoms with E-state index in [2.05, 4.69) is 69.0 Å². The minimum absolute atomic E-state index is 0.0547. The maximum Gasteiger partial charge on any atom is 0.110 e. The Labute approximate surface area is 115 Å². The molecule has 0 saturated carbocycles. The van der Waals surface area contributed by atoms with Gasteiger partial charge in [0.05, 0.1) is 11.4 Å². The number of hydrogen-bond donors (Lipinski definition) is 1. The van der Waals surface area contributed by atoms with Crippen LogP contribution >= 0.6 is 0 Å². The molecule has 0 aromatic carbocycles. The molecule has 2 aromatic rings. The lowest BCUT2D eigenvalue weighted by Gasteiger charge is -2.14. The highest BCUT2D eigenvalue weighted by Gasteiger charge is 2.22. The fourth-order valence-corrected chi connectivity index (χ4v) is 1.91. The summed E-state index contributed by atoms with van der Waals surface area (Å²) in [6.45, 7) is 13.0. The summed E-state index contributed by atoms with van der Waals surface area (Å²) in [6, 6.07) is 4.24. The van der Waals surface area contributed by atoms with Crippen molar-refractivity contribution < 1.29 is 0 Å². The van der Waals surface area contributed by atoms with Gasteiger partial charge in [0.1, 0.15) is 5.69 Å². The number of rotatable bonds is 1. The monoisotopic (exact) mass is 260 g/mol. The Morgan fingerprint density at radius 2 is 1.63 bits per heavy atom. The molecule has 0 aliphatic rings. The van der Waals surface area contributed by atoms with E-state index in [0.717, 1.165) is 22.8 Å². The summed E-state index contributed by atoms with van der Waals surface area (Å²) in [7, 11) is 1.97. The summed E-state index contributed by atoms with van der Waals surface area (Å²) >= 11 is 0. The van der Waals surface area contributed by atoms with Crippen molar-refractivity contribution in [3.63, 3.8) is 0 Å². The van der Waals surface area contributed by atoms with Gasteiger partial charge in [-0.15, -0.1) is 0 Å². The number of aromatic amines is 1. The summed E-state index contributed by atoms with van der Waals surface area (Å²) in [5.74, 6) is 0. The van der Waals surface area contributed by atoms with Gasteiger partial charge in [0.25, 0.3) is 0 Å². The van der Waals surface area contributed by atoms with Gasteiger partial charge in [0, 0.05) is 23.6 Å². The van der Waals surface area contributed by atoms with Crippen LogP contribution < -0.4 is 0 Å². The van der Waals surface area contributed by atoms with E-state index in [-0.39, 0.29) is 10.8 Å². The smallest absolute Gasteiger partial charge is 0.110 e. The normalized spacial score (nSPS) is 13.0. The van der Waals surface area contributed by atoms with E-state index in [4.69, 9.17) is 0 Å². The third-order valence-corrected chi connectivity index (χ3v) is 3.30. The molecular weight excluding hydrogens is 236 g/mol. The Morgan fingerprint density at radius 3 is 2.05 bits per heavy atom. The van der Waals surface area contributed by atoms with Crippen molar-refractivity contribution in [2.24, 2.45) is 7.05 Å². The predicted octanol–water partition coefficient (Wildman–Crippen LogP) is 3.41. The van der Waals surface area contributed by atoms with Crippen LogP contribution in [0.3, 0.4) is 0 Å². The van der Waals surface area contributed by atoms with Crippen molar-refractivity contribution in [1.29, 1.82) is 0 Å². The van der Waals surface area contributed by atoms with Crippen LogP contribution in [0.25, 0.3) is 11.4 Å². The molecule has 2 heterocycles. The lowest BCUT2D eigenvalue weighted by Crippen LogP contribution is -2.12. The molecule has 0 atom stereocenters. The lowest BCUT2D eigenvalue weighted by atomic mass is 9.91. The number of aromatic nitrogens is 4. The first-order chi connectivity index (χ1) is 8.59. The second-order valence-corrected chi connectivity index (χ2v) is 7.21. The summed E-state index contributed by atoms with van der Waals surface area (Å²) < 4.78 is 1.91. The Bertz CT molecular complexity index is 576. The molecule has 0 bridgehead atoms. The van der Waals surface area contributed by atoms with E-state index < -0.39 is 0 Å². The zero-order valence-electron chi connectivity index (χ0n) is 13.0. The van der Waals surface area contributed by atoms with Gasteiger partial charge in [-0.1, -0.05) is 41.5 Å². The number of H-pyrrole nitrogens is 1. The fraction of sp³-hybridized carbons (Fsp3) is 0.600. The van der Waals surface area contributed by atoms with Crippen molar-refractivity contribution in [3.05, 3.63) is 23.5 Å². The van der Waals surface area contributed by atoms with E-state index in [1.807, 2.05) is 11.7 Å². The van der Waals surface area contributed by atoms with Crippen LogP contribution in [0.15, 0.2) is 12.1 Å². The van der Waals surface area contributed by atoms with Crippen molar-refractivity contribution in [2.75, 3.05) is 0 Å². The van der Waals surface area contributed by atoms with E-state index in [1.54, 1.807) is 0 Å². The first kappa shape index (κ1) is 13.8. The fourth-order valence-electron chi connectivity index (χ4n) is 1.91. The number of nitrogens with one attached hydrogen (secondary N) is 1. The first-order valence-electron chi connectivity index (χ1n) is 6.70. The Morgan fingerprint density at radius 1 is 1.00 bits per heavy atom. The molecule has 0 radical (unpaired) electrons. The van der Waals surface area contributed by atoms with Gasteiger partial charge >= 0.3 is 0 Å². The van der Waals surface area contributed by atoms with Crippen molar-refractivity contribution in [3.8, 4) is 11.4 Å². The van der Waals surface area contributed by atoms with Crippen LogP contribution in [0.1, 0.15) is 52.9 Å². The Balaban J connectivity index is 2.43. The summed E-state index contributed by atoms with van der Waals surface area (Å²) in [4.78, 5) is 0. The Kier molecular flexibility index (Phi) is 3.07. The molecule has 104 valence electrons. The molecule has 4 heteroatoms. The highest BCUT2D eigenvalue weighted by molar-refractivity contribution is 5.56. The molecule has 0 aliphatic heterocycles. The van der Waals surface area contributed by atoms with Crippen molar-refractivity contribution >= 4 is 0 Å². The molecule has 0 unspecified atom stereocenters. The van der Waals surface area contributed by atoms with Crippen LogP contribution in [-0.4, -0.2) is 20.0 Å². The lowest BCUT2D eigenvalue weighted by molar-refractivity contribution is 0.553. The summed E-state index contributed by atoms with van der Waals surface area (Å²) in [6.07, 6.45) is 0. The number of aryl methyl sites for hydroxylation is 1. The molecule has 1 N–H and O–H groups in total. The average Bonchev–Trinajstić information content (AvgIpc) is 2.80. The third kappa shape index (κ3) is 2.72. The van der Waals surface area contributed by atoms with Crippen LogP contribution in [0.2, 0.25) is 0 Å². The highest BCUT2D eigenvalue weighted by Crippen LogP contribution is 2.28. The van der Waals surface area contributed by atoms with Crippen LogP contribution in [-0.2, 0) is 17.9 Å². The number of nitrogens with zero attached hydrogens (tertiary/aromatic N) is 3. The van der Waals surface area contributed by atoms with Gasteiger partial charge in [0.15, 0.2) is 0 Å². The largest absolute Gasteiger partial charge is 0.281 e. The van der Waals surface area contributed by atoms with E-state index >= 15 is 0 Å². The molecular formula is C15H24N4. The molecule has 0 saturated heterocycles. The molecule has 19 heavy (non-hydrogen) atoms. The van der Waals surface area contributed by atoms with Gasteiger partial charge in [-0.25, -0.2) is 0 Å². The first-order valence-corrected chi connectivity index (χ1v) is 6.70. The topological polar surface area (TPSA) is 46.5 Å². The zero-order valence-corrected chi connectivity index (χ0v) is 13.0. The Hall–Kier alpha value is -1.58. The SMILES string of the molecule is Cn1nc(C(C)(C)C)cc1-c1cc(C(C)(C)C)[nH]n1. The molecule has 0 amide bonds. The minimum Gasteiger partial charge on any atom is -0.281 e. The average molecular weight is 260 g/mol. The van der Waals surface area contributed by atoms with E-state index in [9.17, 15) is 0 Å².